The summed E-state index contributed by atoms with van der Waals surface area (Å²) in [7, 11) is 0. The van der Waals surface area contributed by atoms with Crippen LogP contribution in [-0.4, -0.2) is 23.4 Å². The fourth-order valence-electron chi connectivity index (χ4n) is 1.17. The van der Waals surface area contributed by atoms with Crippen molar-refractivity contribution in [3.8, 4) is 0 Å². The van der Waals surface area contributed by atoms with Crippen molar-refractivity contribution in [3.05, 3.63) is 12.3 Å². The minimum Gasteiger partial charge on any atom is -0.315 e. The number of hydrazine groups is 1. The molecule has 68 valence electrons. The van der Waals surface area contributed by atoms with Crippen LogP contribution in [0.3, 0.4) is 0 Å². The van der Waals surface area contributed by atoms with Crippen LogP contribution in [0, 0.1) is 5.92 Å². The van der Waals surface area contributed by atoms with Crippen molar-refractivity contribution >= 4 is 5.78 Å². The smallest absolute Gasteiger partial charge is 0.158 e. The maximum atomic E-state index is 11.5. The summed E-state index contributed by atoms with van der Waals surface area (Å²) in [6.45, 7) is 6.77. The fraction of sp³-hybridized carbons (Fsp3) is 0.667. The summed E-state index contributed by atoms with van der Waals surface area (Å²) in [5.74, 6) is 0.353. The lowest BCUT2D eigenvalue weighted by Crippen LogP contribution is -2.41. The van der Waals surface area contributed by atoms with Gasteiger partial charge in [0.15, 0.2) is 5.78 Å². The third-order valence-electron chi connectivity index (χ3n) is 1.98. The number of carbonyl (C=O) groups is 1. The average Bonchev–Trinajstić information content (AvgIpc) is 2.50. The van der Waals surface area contributed by atoms with E-state index in [1.165, 1.54) is 0 Å². The van der Waals surface area contributed by atoms with E-state index in [2.05, 4.69) is 5.43 Å². The lowest BCUT2D eigenvalue weighted by molar-refractivity contribution is -0.123. The lowest BCUT2D eigenvalue weighted by atomic mass is 10.0. The summed E-state index contributed by atoms with van der Waals surface area (Å²) in [5, 5.41) is 1.92. The molecule has 0 aromatic carbocycles. The van der Waals surface area contributed by atoms with Gasteiger partial charge in [0.05, 0.1) is 0 Å². The van der Waals surface area contributed by atoms with Gasteiger partial charge < -0.3 is 5.01 Å². The van der Waals surface area contributed by atoms with Crippen LogP contribution >= 0.6 is 0 Å². The molecule has 1 aliphatic heterocycles. The second-order valence-corrected chi connectivity index (χ2v) is 3.29. The van der Waals surface area contributed by atoms with Gasteiger partial charge in [0.25, 0.3) is 0 Å². The summed E-state index contributed by atoms with van der Waals surface area (Å²) in [6.07, 6.45) is 3.83. The molecule has 0 radical (unpaired) electrons. The van der Waals surface area contributed by atoms with Crippen molar-refractivity contribution in [2.24, 2.45) is 5.92 Å². The molecule has 3 nitrogen and oxygen atoms in total. The molecule has 0 aliphatic carbocycles. The molecule has 0 saturated carbocycles. The first-order valence-corrected chi connectivity index (χ1v) is 4.40. The molecule has 1 rings (SSSR count). The zero-order chi connectivity index (χ0) is 9.14. The molecule has 0 bridgehead atoms. The first-order chi connectivity index (χ1) is 5.65. The predicted octanol–water partition coefficient (Wildman–Crippen LogP) is 0.934. The van der Waals surface area contributed by atoms with Crippen molar-refractivity contribution in [2.45, 2.75) is 26.8 Å². The number of carbonyl (C=O) groups excluding carboxylic acids is 1. The van der Waals surface area contributed by atoms with Crippen molar-refractivity contribution < 1.29 is 4.79 Å². The molecular formula is C9H16N2O. The molecule has 0 fully saturated rings. The van der Waals surface area contributed by atoms with Crippen molar-refractivity contribution in [3.63, 3.8) is 0 Å². The second-order valence-electron chi connectivity index (χ2n) is 3.29. The Labute approximate surface area is 73.4 Å². The number of hydrogen-bond acceptors (Lipinski definition) is 3. The van der Waals surface area contributed by atoms with Gasteiger partial charge in [-0.25, -0.2) is 5.43 Å². The Hall–Kier alpha value is -0.830. The number of ketones is 1. The van der Waals surface area contributed by atoms with E-state index < -0.39 is 0 Å². The number of nitrogens with zero attached hydrogens (tertiary/aromatic N) is 1. The molecule has 1 N–H and O–H groups in total. The molecule has 12 heavy (non-hydrogen) atoms. The Morgan fingerprint density at radius 3 is 2.75 bits per heavy atom. The zero-order valence-electron chi connectivity index (χ0n) is 7.87. The van der Waals surface area contributed by atoms with Crippen LogP contribution in [0.4, 0.5) is 0 Å². The van der Waals surface area contributed by atoms with Crippen LogP contribution in [-0.2, 0) is 4.79 Å². The van der Waals surface area contributed by atoms with Gasteiger partial charge in [-0.3, -0.25) is 4.79 Å². The second kappa shape index (κ2) is 3.72. The molecule has 0 amide bonds. The van der Waals surface area contributed by atoms with Crippen LogP contribution in [0.15, 0.2) is 12.3 Å². The maximum absolute atomic E-state index is 11.5. The average molecular weight is 168 g/mol. The van der Waals surface area contributed by atoms with Crippen molar-refractivity contribution in [1.29, 1.82) is 0 Å². The highest BCUT2D eigenvalue weighted by molar-refractivity contribution is 5.87. The van der Waals surface area contributed by atoms with Gasteiger partial charge in [0.1, 0.15) is 6.04 Å². The Bertz CT molecular complexity index is 199. The van der Waals surface area contributed by atoms with Crippen molar-refractivity contribution in [1.82, 2.24) is 10.4 Å². The fourth-order valence-corrected chi connectivity index (χ4v) is 1.17. The van der Waals surface area contributed by atoms with E-state index in [0.717, 1.165) is 6.54 Å². The van der Waals surface area contributed by atoms with Gasteiger partial charge >= 0.3 is 0 Å². The zero-order valence-corrected chi connectivity index (χ0v) is 7.87. The Morgan fingerprint density at radius 1 is 1.67 bits per heavy atom. The van der Waals surface area contributed by atoms with Gasteiger partial charge in [-0.2, -0.15) is 0 Å². The quantitative estimate of drug-likeness (QED) is 0.680. The molecule has 1 atom stereocenters. The summed E-state index contributed by atoms with van der Waals surface area (Å²) < 4.78 is 0. The topological polar surface area (TPSA) is 32.3 Å². The third kappa shape index (κ3) is 1.85. The molecule has 0 spiro atoms. The summed E-state index contributed by atoms with van der Waals surface area (Å²) in [5.41, 5.74) is 3.09. The highest BCUT2D eigenvalue weighted by Crippen LogP contribution is 2.07. The molecular weight excluding hydrogens is 152 g/mol. The summed E-state index contributed by atoms with van der Waals surface area (Å²) in [6, 6.07) is -0.107. The van der Waals surface area contributed by atoms with E-state index in [1.807, 2.05) is 38.1 Å². The lowest BCUT2D eigenvalue weighted by Gasteiger charge is -2.17. The number of nitrogens with one attached hydrogen (secondary N) is 1. The monoisotopic (exact) mass is 168 g/mol. The molecule has 0 aromatic heterocycles. The molecule has 0 aromatic rings. The van der Waals surface area contributed by atoms with Crippen LogP contribution in [0.1, 0.15) is 20.8 Å². The van der Waals surface area contributed by atoms with E-state index in [1.54, 1.807) is 0 Å². The first-order valence-electron chi connectivity index (χ1n) is 4.40. The van der Waals surface area contributed by atoms with E-state index in [9.17, 15) is 4.79 Å². The van der Waals surface area contributed by atoms with Gasteiger partial charge in [0, 0.05) is 18.7 Å². The normalized spacial score (nSPS) is 22.3. The minimum atomic E-state index is -0.107. The predicted molar refractivity (Wildman–Crippen MR) is 48.3 cm³/mol. The van der Waals surface area contributed by atoms with Crippen LogP contribution in [0.5, 0.6) is 0 Å². The summed E-state index contributed by atoms with van der Waals surface area (Å²) >= 11 is 0. The Kier molecular flexibility index (Phi) is 2.87. The SMILES string of the molecule is CCN1C=CC(C(=O)C(C)C)N1. The largest absolute Gasteiger partial charge is 0.315 e. The van der Waals surface area contributed by atoms with Gasteiger partial charge in [-0.15, -0.1) is 0 Å². The molecule has 1 heterocycles. The van der Waals surface area contributed by atoms with Gasteiger partial charge in [-0.1, -0.05) is 13.8 Å². The van der Waals surface area contributed by atoms with E-state index in [-0.39, 0.29) is 17.7 Å². The number of rotatable bonds is 3. The molecule has 1 unspecified atom stereocenters. The third-order valence-corrected chi connectivity index (χ3v) is 1.98. The van der Waals surface area contributed by atoms with Crippen LogP contribution in [0.2, 0.25) is 0 Å². The van der Waals surface area contributed by atoms with Crippen LogP contribution < -0.4 is 5.43 Å². The highest BCUT2D eigenvalue weighted by atomic mass is 16.1. The standard InChI is InChI=1S/C9H16N2O/c1-4-11-6-5-8(10-11)9(12)7(2)3/h5-8,10H,4H2,1-3H3. The van der Waals surface area contributed by atoms with Gasteiger partial charge in [0.2, 0.25) is 0 Å². The molecule has 0 saturated heterocycles. The first kappa shape index (κ1) is 9.26. The van der Waals surface area contributed by atoms with Gasteiger partial charge in [-0.05, 0) is 13.0 Å². The van der Waals surface area contributed by atoms with Crippen molar-refractivity contribution in [2.75, 3.05) is 6.54 Å². The number of hydrogen-bond donors (Lipinski definition) is 1. The number of Topliss-reactive ketones (excluding diaryl/α,β-unsaturated/α-hetero) is 1. The Morgan fingerprint density at radius 2 is 2.33 bits per heavy atom. The van der Waals surface area contributed by atoms with E-state index in [0.29, 0.717) is 0 Å². The maximum Gasteiger partial charge on any atom is 0.158 e. The van der Waals surface area contributed by atoms with E-state index in [4.69, 9.17) is 0 Å². The minimum absolute atomic E-state index is 0.101. The van der Waals surface area contributed by atoms with E-state index >= 15 is 0 Å². The van der Waals surface area contributed by atoms with Crippen LogP contribution in [0.25, 0.3) is 0 Å². The molecule has 3 heteroatoms. The summed E-state index contributed by atoms with van der Waals surface area (Å²) in [4.78, 5) is 11.5. The Balaban J connectivity index is 2.48. The molecule has 1 aliphatic rings. The highest BCUT2D eigenvalue weighted by Gasteiger charge is 2.22.